The van der Waals surface area contributed by atoms with Gasteiger partial charge in [-0.15, -0.1) is 23.2 Å². The Kier molecular flexibility index (Phi) is 30.8. The minimum absolute atomic E-state index is 0. The number of fused-ring (bicyclic) bond motifs is 11. The summed E-state index contributed by atoms with van der Waals surface area (Å²) in [6, 6.07) is 48.3. The number of alkyl halides is 2. The second kappa shape index (κ2) is 37.8. The van der Waals surface area contributed by atoms with Gasteiger partial charge in [-0.3, -0.25) is 19.4 Å². The Bertz CT molecular complexity index is 4300. The van der Waals surface area contributed by atoms with Gasteiger partial charge in [0, 0.05) is 73.9 Å². The Labute approximate surface area is 597 Å². The van der Waals surface area contributed by atoms with Gasteiger partial charge in [0.2, 0.25) is 0 Å². The zero-order valence-electron chi connectivity index (χ0n) is 57.8. The number of hydrogen-bond acceptors (Lipinski definition) is 20. The highest BCUT2D eigenvalue weighted by atomic mass is 35.5. The van der Waals surface area contributed by atoms with Gasteiger partial charge in [-0.2, -0.15) is 19.2 Å². The second-order valence-electron chi connectivity index (χ2n) is 27.8. The molecule has 2 aromatic carbocycles. The first kappa shape index (κ1) is 81.5. The van der Waals surface area contributed by atoms with Crippen LogP contribution in [0.2, 0.25) is 0 Å². The molecule has 0 spiro atoms. The third-order valence-corrected chi connectivity index (χ3v) is 14.9. The second-order valence-corrected chi connectivity index (χ2v) is 28.3. The van der Waals surface area contributed by atoms with E-state index in [0.29, 0.717) is 36.8 Å². The Morgan fingerprint density at radius 2 is 0.740 bits per heavy atom. The van der Waals surface area contributed by atoms with Gasteiger partial charge >= 0.3 is 24.2 Å². The van der Waals surface area contributed by atoms with E-state index in [-0.39, 0.29) is 57.6 Å². The number of ether oxygens (including phenoxy) is 2. The number of esters is 2. The molecule has 0 saturated heterocycles. The molecule has 11 rings (SSSR count). The van der Waals surface area contributed by atoms with Crippen LogP contribution >= 0.6 is 23.2 Å². The first-order chi connectivity index (χ1) is 46.6. The first-order valence-corrected chi connectivity index (χ1v) is 33.3. The molecule has 0 amide bonds. The highest BCUT2D eigenvalue weighted by Crippen LogP contribution is 2.31. The summed E-state index contributed by atoms with van der Waals surface area (Å²) < 4.78 is 10.9. The Morgan fingerprint density at radius 1 is 0.420 bits per heavy atom. The summed E-state index contributed by atoms with van der Waals surface area (Å²) in [5.41, 5.74) is 12.6. The maximum Gasteiger partial charge on any atom is 0.373 e. The van der Waals surface area contributed by atoms with Gasteiger partial charge in [0.05, 0.1) is 115 Å². The van der Waals surface area contributed by atoms with Crippen molar-refractivity contribution in [3.63, 3.8) is 0 Å². The van der Waals surface area contributed by atoms with Crippen molar-refractivity contribution in [3.05, 3.63) is 168 Å². The van der Waals surface area contributed by atoms with E-state index < -0.39 is 11.2 Å². The molecule has 8 bridgehead atoms. The summed E-state index contributed by atoms with van der Waals surface area (Å²) in [6.45, 7) is 31.2. The first-order valence-electron chi connectivity index (χ1n) is 32.2. The summed E-state index contributed by atoms with van der Waals surface area (Å²) in [4.78, 5) is 101. The normalized spacial score (nSPS) is 12.5. The predicted molar refractivity (Wildman–Crippen MR) is 396 cm³/mol. The van der Waals surface area contributed by atoms with Crippen LogP contribution < -0.4 is 10.6 Å². The average molecular weight is 1400 g/mol. The van der Waals surface area contributed by atoms with Crippen molar-refractivity contribution in [2.75, 3.05) is 52.4 Å². The number of nitrogens with one attached hydrogen (secondary N) is 2. The summed E-state index contributed by atoms with van der Waals surface area (Å²) >= 11 is 11.9. The summed E-state index contributed by atoms with van der Waals surface area (Å²) in [6.07, 6.45) is 0.500. The van der Waals surface area contributed by atoms with E-state index in [0.717, 1.165) is 145 Å². The molecule has 0 saturated carbocycles. The Morgan fingerprint density at radius 3 is 1.10 bits per heavy atom. The minimum Gasteiger partial charge on any atom is -0.459 e. The molecule has 1 aliphatic heterocycles. The van der Waals surface area contributed by atoms with E-state index in [9.17, 15) is 9.59 Å². The summed E-state index contributed by atoms with van der Waals surface area (Å²) in [5, 5.41) is 10.5. The summed E-state index contributed by atoms with van der Waals surface area (Å²) in [7, 11) is 0. The quantitative estimate of drug-likeness (QED) is 0.0471. The van der Waals surface area contributed by atoms with Crippen molar-refractivity contribution in [2.24, 2.45) is 10.8 Å². The van der Waals surface area contributed by atoms with Crippen LogP contribution in [0.1, 0.15) is 121 Å². The fraction of sp³-hybridized carbons (Fsp3) is 0.385. The molecule has 9 heterocycles. The van der Waals surface area contributed by atoms with Crippen LogP contribution in [0.3, 0.4) is 0 Å². The zero-order chi connectivity index (χ0) is 71.2. The van der Waals surface area contributed by atoms with Crippen molar-refractivity contribution in [1.82, 2.24) is 60.3 Å². The van der Waals surface area contributed by atoms with E-state index in [1.54, 1.807) is 0 Å². The highest BCUT2D eigenvalue weighted by molar-refractivity contribution is 6.17. The molecule has 10 aromatic rings. The lowest BCUT2D eigenvalue weighted by molar-refractivity contribution is -0.193. The predicted octanol–water partition coefficient (Wildman–Crippen LogP) is 15.0. The van der Waals surface area contributed by atoms with Crippen LogP contribution in [0.4, 0.5) is 0 Å². The van der Waals surface area contributed by atoms with Crippen LogP contribution in [0.15, 0.2) is 146 Å². The number of nitrogens with zero attached hydrogens (tertiary/aromatic N) is 10. The van der Waals surface area contributed by atoms with Gasteiger partial charge in [-0.25, -0.2) is 39.9 Å². The van der Waals surface area contributed by atoms with E-state index in [1.165, 1.54) is 0 Å². The molecular weight excluding hydrogens is 1300 g/mol. The standard InChI is InChI=1S/C37H42N6O2.C24H16Cl2N4.C13H28N2O2.2CO2.2CH4/c1-36(2,3)24-43-20-19-42(23-33(44)45-37(4,5)6)21-27-9-7-11-29(38-27)31-17-15-25-13-14-26-16-18-32(41-35(26)34(25)40-31)30-12-8-10-28(22-43)39-30;25-13-17-3-1-5-19(27-17)21-11-9-15-7-8-16-10-12-22(30-24(16)23(15)29-21)20-6-2-4-18(14-26)28-20;1-12(2,3)10-15-8-7-14-9-11(16)17-13(4,5)6;2*2-1-3;;/h7-18H,19-24H2,1-6H3;1-12H,13-14H2;14-15H,7-10H2,1-6H3;;;2*1H4. The van der Waals surface area contributed by atoms with Crippen molar-refractivity contribution in [3.8, 4) is 45.6 Å². The van der Waals surface area contributed by atoms with E-state index in [2.05, 4.69) is 120 Å². The molecule has 0 atom stereocenters. The lowest BCUT2D eigenvalue weighted by Gasteiger charge is -2.32. The number of pyridine rings is 8. The topological polar surface area (TPSA) is 255 Å². The van der Waals surface area contributed by atoms with Crippen molar-refractivity contribution in [2.45, 2.75) is 134 Å². The van der Waals surface area contributed by atoms with Crippen LogP contribution in [0.5, 0.6) is 0 Å². The van der Waals surface area contributed by atoms with Crippen molar-refractivity contribution in [1.29, 1.82) is 0 Å². The maximum atomic E-state index is 13.0. The Balaban J connectivity index is 0.000000282. The van der Waals surface area contributed by atoms with Gasteiger partial charge in [0.1, 0.15) is 11.2 Å². The fourth-order valence-corrected chi connectivity index (χ4v) is 10.8. The van der Waals surface area contributed by atoms with Crippen LogP contribution in [-0.4, -0.2) is 137 Å². The highest BCUT2D eigenvalue weighted by Gasteiger charge is 2.24. The van der Waals surface area contributed by atoms with E-state index >= 15 is 0 Å². The third kappa shape index (κ3) is 25.8. The number of aromatic nitrogens is 8. The van der Waals surface area contributed by atoms with Gasteiger partial charge in [-0.05, 0) is 125 Å². The maximum absolute atomic E-state index is 13.0. The molecule has 0 radical (unpaired) electrons. The SMILES string of the molecule is C.C.CC(C)(C)CN1CCN(CC(=O)OC(C)(C)C)Cc2cccc(n2)-c2ccc3ccc4ccc(nc4c3n2)-c2cccc(n2)C1.CC(C)(C)CNCCNCC(=O)OC(C)(C)C.ClCc1cccc(-c2ccc3ccc4ccc(-c5cccc(CCl)n5)nc4c3n2)n1.O=C=O.O=C=O. The molecule has 1 aliphatic rings. The zero-order valence-corrected chi connectivity index (χ0v) is 59.3. The molecule has 0 unspecified atom stereocenters. The number of carbonyl (C=O) groups excluding carboxylic acids is 6. The lowest BCUT2D eigenvalue weighted by atomic mass is 9.96. The monoisotopic (exact) mass is 1400 g/mol. The summed E-state index contributed by atoms with van der Waals surface area (Å²) in [5.74, 6) is 0.285. The smallest absolute Gasteiger partial charge is 0.373 e. The average Bonchev–Trinajstić information content (AvgIpc) is 0.776. The molecule has 8 aromatic heterocycles. The third-order valence-electron chi connectivity index (χ3n) is 14.4. The van der Waals surface area contributed by atoms with Crippen molar-refractivity contribution < 1.29 is 38.2 Å². The fourth-order valence-electron chi connectivity index (χ4n) is 10.5. The van der Waals surface area contributed by atoms with Gasteiger partial charge in [0.15, 0.2) is 0 Å². The molecule has 22 heteroatoms. The van der Waals surface area contributed by atoms with Crippen molar-refractivity contribution >= 4 is 91.1 Å². The van der Waals surface area contributed by atoms with E-state index in [4.69, 9.17) is 81.8 Å². The minimum atomic E-state index is -0.554. The van der Waals surface area contributed by atoms with E-state index in [1.807, 2.05) is 139 Å². The molecule has 528 valence electrons. The lowest BCUT2D eigenvalue weighted by Crippen LogP contribution is -2.41. The van der Waals surface area contributed by atoms with Crippen LogP contribution in [0, 0.1) is 10.8 Å². The number of benzene rings is 2. The van der Waals surface area contributed by atoms with Gasteiger partial charge in [0.25, 0.3) is 0 Å². The molecule has 0 fully saturated rings. The number of halogens is 2. The largest absolute Gasteiger partial charge is 0.459 e. The number of hydrogen-bond donors (Lipinski definition) is 2. The van der Waals surface area contributed by atoms with Gasteiger partial charge < -0.3 is 20.1 Å². The molecule has 20 nitrogen and oxygen atoms in total. The molecule has 0 aliphatic carbocycles. The molecular formula is C78H94Cl2N12O8. The van der Waals surface area contributed by atoms with Crippen LogP contribution in [0.25, 0.3) is 89.2 Å². The van der Waals surface area contributed by atoms with Crippen LogP contribution in [-0.2, 0) is 63.1 Å². The molecule has 2 N–H and O–H groups in total. The number of carbonyl (C=O) groups is 2. The Hall–Kier alpha value is -9.20. The number of rotatable bonds is 13. The van der Waals surface area contributed by atoms with Gasteiger partial charge in [-0.1, -0.05) is 129 Å². The molecule has 100 heavy (non-hydrogen) atoms.